The Labute approximate surface area is 78.4 Å². The van der Waals surface area contributed by atoms with Gasteiger partial charge in [-0.25, -0.2) is 0 Å². The predicted molar refractivity (Wildman–Crippen MR) is 50.7 cm³/mol. The fourth-order valence-electron chi connectivity index (χ4n) is 1.64. The first kappa shape index (κ1) is 9.55. The Morgan fingerprint density at radius 3 is 2.67 bits per heavy atom. The minimum Gasteiger partial charge on any atom is -0.317 e. The largest absolute Gasteiger partial charge is 0.317 e. The summed E-state index contributed by atoms with van der Waals surface area (Å²) in [6.45, 7) is 2.30. The molecule has 2 N–H and O–H groups in total. The number of aromatic amines is 1. The smallest absolute Gasteiger partial charge is 0.0522 e. The Morgan fingerprint density at radius 2 is 2.08 bits per heavy atom. The minimum absolute atomic E-state index is 0. The number of nitrogens with zero attached hydrogens (tertiary/aromatic N) is 1. The van der Waals surface area contributed by atoms with Gasteiger partial charge >= 0.3 is 0 Å². The number of nitrogens with one attached hydrogen (secondary N) is 2. The Bertz CT molecular complexity index is 204. The molecule has 0 bridgehead atoms. The molecule has 1 aliphatic rings. The van der Waals surface area contributed by atoms with E-state index in [4.69, 9.17) is 0 Å². The van der Waals surface area contributed by atoms with Crippen molar-refractivity contribution in [1.29, 1.82) is 0 Å². The monoisotopic (exact) mass is 187 g/mol. The highest BCUT2D eigenvalue weighted by Gasteiger charge is 2.14. The zero-order valence-corrected chi connectivity index (χ0v) is 7.73. The summed E-state index contributed by atoms with van der Waals surface area (Å²) in [7, 11) is 0. The number of piperidine rings is 1. The lowest BCUT2D eigenvalue weighted by Gasteiger charge is -2.20. The lowest BCUT2D eigenvalue weighted by Crippen LogP contribution is -2.26. The summed E-state index contributed by atoms with van der Waals surface area (Å²) < 4.78 is 0. The second-order valence-corrected chi connectivity index (χ2v) is 3.06. The van der Waals surface area contributed by atoms with Crippen LogP contribution in [0.3, 0.4) is 0 Å². The molecule has 1 aromatic heterocycles. The lowest BCUT2D eigenvalue weighted by atomic mass is 9.93. The molecule has 68 valence electrons. The van der Waals surface area contributed by atoms with Crippen LogP contribution >= 0.6 is 12.4 Å². The van der Waals surface area contributed by atoms with Crippen molar-refractivity contribution < 1.29 is 0 Å². The van der Waals surface area contributed by atoms with Crippen LogP contribution in [-0.2, 0) is 0 Å². The summed E-state index contributed by atoms with van der Waals surface area (Å²) in [6, 6.07) is 0. The van der Waals surface area contributed by atoms with E-state index >= 15 is 0 Å². The van der Waals surface area contributed by atoms with E-state index in [1.54, 1.807) is 0 Å². The van der Waals surface area contributed by atoms with E-state index in [0.29, 0.717) is 0 Å². The number of hydrogen-bond acceptors (Lipinski definition) is 2. The molecule has 0 spiro atoms. The number of rotatable bonds is 1. The molecule has 2 rings (SSSR count). The lowest BCUT2D eigenvalue weighted by molar-refractivity contribution is 0.460. The molecule has 2 heterocycles. The molecule has 0 unspecified atom stereocenters. The van der Waals surface area contributed by atoms with E-state index in [1.807, 2.05) is 12.4 Å². The van der Waals surface area contributed by atoms with Gasteiger partial charge in [-0.3, -0.25) is 5.10 Å². The highest BCUT2D eigenvalue weighted by atomic mass is 35.5. The van der Waals surface area contributed by atoms with Crippen molar-refractivity contribution in [2.75, 3.05) is 13.1 Å². The highest BCUT2D eigenvalue weighted by Crippen LogP contribution is 2.23. The van der Waals surface area contributed by atoms with Crippen LogP contribution in [0.4, 0.5) is 0 Å². The van der Waals surface area contributed by atoms with Gasteiger partial charge in [0.25, 0.3) is 0 Å². The maximum absolute atomic E-state index is 3.95. The first-order chi connectivity index (χ1) is 5.47. The predicted octanol–water partition coefficient (Wildman–Crippen LogP) is 1.30. The topological polar surface area (TPSA) is 40.7 Å². The summed E-state index contributed by atoms with van der Waals surface area (Å²) in [5.41, 5.74) is 1.37. The molecule has 1 fully saturated rings. The molecule has 0 radical (unpaired) electrons. The molecule has 1 saturated heterocycles. The maximum Gasteiger partial charge on any atom is 0.0522 e. The Kier molecular flexibility index (Phi) is 3.56. The van der Waals surface area contributed by atoms with Gasteiger partial charge in [-0.1, -0.05) is 0 Å². The Hall–Kier alpha value is -0.540. The van der Waals surface area contributed by atoms with E-state index in [-0.39, 0.29) is 12.4 Å². The second kappa shape index (κ2) is 4.48. The molecule has 0 amide bonds. The van der Waals surface area contributed by atoms with Crippen molar-refractivity contribution in [3.05, 3.63) is 18.0 Å². The number of aromatic nitrogens is 2. The zero-order valence-electron chi connectivity index (χ0n) is 6.92. The van der Waals surface area contributed by atoms with Crippen LogP contribution in [-0.4, -0.2) is 23.3 Å². The molecular formula is C8H14ClN3. The van der Waals surface area contributed by atoms with Crippen LogP contribution in [0.1, 0.15) is 24.3 Å². The normalized spacial score (nSPS) is 18.7. The third kappa shape index (κ3) is 1.99. The van der Waals surface area contributed by atoms with Gasteiger partial charge < -0.3 is 5.32 Å². The van der Waals surface area contributed by atoms with E-state index in [2.05, 4.69) is 15.5 Å². The van der Waals surface area contributed by atoms with Crippen molar-refractivity contribution in [3.8, 4) is 0 Å². The summed E-state index contributed by atoms with van der Waals surface area (Å²) in [6.07, 6.45) is 6.45. The molecule has 0 aliphatic carbocycles. The fraction of sp³-hybridized carbons (Fsp3) is 0.625. The van der Waals surface area contributed by atoms with Crippen LogP contribution < -0.4 is 5.32 Å². The van der Waals surface area contributed by atoms with E-state index < -0.39 is 0 Å². The molecule has 0 atom stereocenters. The molecule has 3 nitrogen and oxygen atoms in total. The van der Waals surface area contributed by atoms with Crippen LogP contribution in [0.5, 0.6) is 0 Å². The van der Waals surface area contributed by atoms with Crippen molar-refractivity contribution in [2.45, 2.75) is 18.8 Å². The van der Waals surface area contributed by atoms with E-state index in [1.165, 1.54) is 18.4 Å². The molecule has 1 aromatic rings. The number of H-pyrrole nitrogens is 1. The Balaban J connectivity index is 0.000000720. The highest BCUT2D eigenvalue weighted by molar-refractivity contribution is 5.85. The van der Waals surface area contributed by atoms with Gasteiger partial charge in [-0.05, 0) is 37.4 Å². The first-order valence-corrected chi connectivity index (χ1v) is 4.16. The minimum atomic E-state index is 0. The van der Waals surface area contributed by atoms with E-state index in [9.17, 15) is 0 Å². The van der Waals surface area contributed by atoms with Crippen molar-refractivity contribution in [1.82, 2.24) is 15.5 Å². The van der Waals surface area contributed by atoms with Gasteiger partial charge in [-0.15, -0.1) is 12.4 Å². The van der Waals surface area contributed by atoms with Gasteiger partial charge in [0.05, 0.1) is 6.20 Å². The quantitative estimate of drug-likeness (QED) is 0.696. The van der Waals surface area contributed by atoms with Gasteiger partial charge in [0.15, 0.2) is 0 Å². The third-order valence-electron chi connectivity index (χ3n) is 2.33. The average Bonchev–Trinajstić information content (AvgIpc) is 2.58. The van der Waals surface area contributed by atoms with Gasteiger partial charge in [0, 0.05) is 6.20 Å². The van der Waals surface area contributed by atoms with Gasteiger partial charge in [-0.2, -0.15) is 5.10 Å². The van der Waals surface area contributed by atoms with Crippen LogP contribution in [0, 0.1) is 0 Å². The van der Waals surface area contributed by atoms with Crippen LogP contribution in [0.15, 0.2) is 12.4 Å². The van der Waals surface area contributed by atoms with Crippen molar-refractivity contribution >= 4 is 12.4 Å². The SMILES string of the molecule is Cl.c1n[nH]cc1C1CCNCC1. The summed E-state index contributed by atoms with van der Waals surface area (Å²) >= 11 is 0. The molecule has 0 aromatic carbocycles. The molecular weight excluding hydrogens is 174 g/mol. The summed E-state index contributed by atoms with van der Waals surface area (Å²) in [5.74, 6) is 0.731. The third-order valence-corrected chi connectivity index (χ3v) is 2.33. The molecule has 0 saturated carbocycles. The standard InChI is InChI=1S/C8H13N3.ClH/c1-3-9-4-2-7(1)8-5-10-11-6-8;/h5-7,9H,1-4H2,(H,10,11);1H. The number of hydrogen-bond donors (Lipinski definition) is 2. The molecule has 4 heteroatoms. The van der Waals surface area contributed by atoms with Crippen molar-refractivity contribution in [3.63, 3.8) is 0 Å². The molecule has 1 aliphatic heterocycles. The molecule has 12 heavy (non-hydrogen) atoms. The van der Waals surface area contributed by atoms with Gasteiger partial charge in [0.2, 0.25) is 0 Å². The summed E-state index contributed by atoms with van der Waals surface area (Å²) in [5, 5.41) is 10.2. The zero-order chi connectivity index (χ0) is 7.52. The second-order valence-electron chi connectivity index (χ2n) is 3.06. The maximum atomic E-state index is 3.95. The van der Waals surface area contributed by atoms with E-state index in [0.717, 1.165) is 19.0 Å². The Morgan fingerprint density at radius 1 is 1.33 bits per heavy atom. The summed E-state index contributed by atoms with van der Waals surface area (Å²) in [4.78, 5) is 0. The fourth-order valence-corrected chi connectivity index (χ4v) is 1.64. The first-order valence-electron chi connectivity index (χ1n) is 4.16. The van der Waals surface area contributed by atoms with Crippen LogP contribution in [0.2, 0.25) is 0 Å². The van der Waals surface area contributed by atoms with Gasteiger partial charge in [0.1, 0.15) is 0 Å². The number of halogens is 1. The van der Waals surface area contributed by atoms with Crippen molar-refractivity contribution in [2.24, 2.45) is 0 Å². The van der Waals surface area contributed by atoms with Crippen LogP contribution in [0.25, 0.3) is 0 Å². The average molecular weight is 188 g/mol.